The molecule has 116 valence electrons. The molecule has 0 bridgehead atoms. The number of pyridine rings is 1. The minimum atomic E-state index is 0.589. The Labute approximate surface area is 144 Å². The van der Waals surface area contributed by atoms with Crippen molar-refractivity contribution in [1.82, 2.24) is 20.0 Å². The summed E-state index contributed by atoms with van der Waals surface area (Å²) in [7, 11) is 0. The summed E-state index contributed by atoms with van der Waals surface area (Å²) in [5.41, 5.74) is 2.81. The molecule has 5 nitrogen and oxygen atoms in total. The predicted octanol–water partition coefficient (Wildman–Crippen LogP) is 3.17. The van der Waals surface area contributed by atoms with E-state index in [1.165, 1.54) is 23.5 Å². The fraction of sp³-hybridized carbons (Fsp3) is 0.333. The lowest BCUT2D eigenvalue weighted by molar-refractivity contribution is 0.491. The second kappa shape index (κ2) is 7.53. The van der Waals surface area contributed by atoms with Crippen LogP contribution in [-0.2, 0) is 6.54 Å². The maximum atomic E-state index is 7.55. The number of aromatic nitrogens is 2. The number of halogens is 1. The van der Waals surface area contributed by atoms with Crippen molar-refractivity contribution in [2.75, 3.05) is 13.1 Å². The molecular formula is C15H19IN5P. The van der Waals surface area contributed by atoms with Crippen LogP contribution in [0.1, 0.15) is 12.1 Å². The van der Waals surface area contributed by atoms with Crippen molar-refractivity contribution in [1.29, 1.82) is 5.41 Å². The molecule has 2 atom stereocenters. The molecular weight excluding hydrogens is 408 g/mol. The van der Waals surface area contributed by atoms with Crippen LogP contribution in [0.3, 0.4) is 0 Å². The maximum Gasteiger partial charge on any atom is 0.0739 e. The fourth-order valence-electron chi connectivity index (χ4n) is 2.85. The van der Waals surface area contributed by atoms with Crippen molar-refractivity contribution in [3.8, 4) is 0 Å². The Bertz CT molecular complexity index is 690. The van der Waals surface area contributed by atoms with E-state index >= 15 is 0 Å². The lowest BCUT2D eigenvalue weighted by Crippen LogP contribution is -2.13. The van der Waals surface area contributed by atoms with Gasteiger partial charge < -0.3 is 20.4 Å². The fourth-order valence-corrected chi connectivity index (χ4v) is 3.53. The molecule has 0 aliphatic carbocycles. The van der Waals surface area contributed by atoms with Crippen LogP contribution < -0.4 is 10.4 Å². The quantitative estimate of drug-likeness (QED) is 0.377. The summed E-state index contributed by atoms with van der Waals surface area (Å²) in [5.74, 6) is 0.709. The SMILES string of the molecule is N=C/C(=C\NPI)c1cc2ccn(CC3CCNC3)c2cn1. The molecule has 0 spiro atoms. The number of nitrogens with zero attached hydrogens (tertiary/aromatic N) is 2. The van der Waals surface area contributed by atoms with Crippen LogP contribution in [-0.4, -0.2) is 28.9 Å². The van der Waals surface area contributed by atoms with Crippen molar-refractivity contribution in [3.63, 3.8) is 0 Å². The zero-order chi connectivity index (χ0) is 15.4. The summed E-state index contributed by atoms with van der Waals surface area (Å²) in [5, 5.41) is 15.3. The Morgan fingerprint density at radius 1 is 1.64 bits per heavy atom. The number of allylic oxidation sites excluding steroid dienone is 1. The van der Waals surface area contributed by atoms with E-state index in [1.54, 1.807) is 0 Å². The van der Waals surface area contributed by atoms with Gasteiger partial charge in [0, 0.05) is 42.5 Å². The van der Waals surface area contributed by atoms with Crippen LogP contribution in [0, 0.1) is 11.3 Å². The van der Waals surface area contributed by atoms with Crippen LogP contribution >= 0.6 is 28.4 Å². The summed E-state index contributed by atoms with van der Waals surface area (Å²) in [6, 6.07) is 4.20. The molecule has 1 aliphatic rings. The first kappa shape index (κ1) is 15.9. The minimum absolute atomic E-state index is 0.589. The predicted molar refractivity (Wildman–Crippen MR) is 103 cm³/mol. The van der Waals surface area contributed by atoms with Gasteiger partial charge in [0.25, 0.3) is 0 Å². The van der Waals surface area contributed by atoms with Crippen molar-refractivity contribution >= 4 is 51.1 Å². The molecule has 3 rings (SSSR count). The molecule has 0 aromatic carbocycles. The molecule has 0 radical (unpaired) electrons. The van der Waals surface area contributed by atoms with E-state index in [9.17, 15) is 0 Å². The Morgan fingerprint density at radius 2 is 2.55 bits per heavy atom. The van der Waals surface area contributed by atoms with Gasteiger partial charge in [-0.05, 0) is 59.6 Å². The van der Waals surface area contributed by atoms with Crippen LogP contribution in [0.2, 0.25) is 0 Å². The average Bonchev–Trinajstić information content (AvgIpc) is 3.19. The standard InChI is InChI=1S/C15H19IN5P/c16-22-20-8-13(6-17)14-5-12-2-4-21(15(12)9-19-14)10-11-1-3-18-7-11/h2,4-6,8-9,11,17-18,20,22H,1,3,7,10H2/b13-8+,17-6?. The second-order valence-corrected chi connectivity index (χ2v) is 7.53. The van der Waals surface area contributed by atoms with Crippen molar-refractivity contribution < 1.29 is 0 Å². The zero-order valence-electron chi connectivity index (χ0n) is 12.1. The largest absolute Gasteiger partial charge is 0.364 e. The van der Waals surface area contributed by atoms with E-state index in [0.717, 1.165) is 30.9 Å². The zero-order valence-corrected chi connectivity index (χ0v) is 15.3. The van der Waals surface area contributed by atoms with E-state index in [-0.39, 0.29) is 0 Å². The molecule has 3 N–H and O–H groups in total. The highest BCUT2D eigenvalue weighted by Crippen LogP contribution is 2.22. The lowest BCUT2D eigenvalue weighted by atomic mass is 10.1. The summed E-state index contributed by atoms with van der Waals surface area (Å²) < 4.78 is 2.29. The van der Waals surface area contributed by atoms with E-state index in [1.807, 2.05) is 12.4 Å². The van der Waals surface area contributed by atoms with Gasteiger partial charge in [-0.15, -0.1) is 0 Å². The second-order valence-electron chi connectivity index (χ2n) is 5.44. The highest BCUT2D eigenvalue weighted by atomic mass is 127. The van der Waals surface area contributed by atoms with Gasteiger partial charge in [0.1, 0.15) is 0 Å². The molecule has 1 fully saturated rings. The van der Waals surface area contributed by atoms with Gasteiger partial charge in [-0.1, -0.05) is 0 Å². The number of hydrogen-bond donors (Lipinski definition) is 3. The van der Waals surface area contributed by atoms with E-state index in [0.29, 0.717) is 12.3 Å². The summed E-state index contributed by atoms with van der Waals surface area (Å²) in [4.78, 5) is 4.54. The summed E-state index contributed by atoms with van der Waals surface area (Å²) >= 11 is 2.27. The number of hydrogen-bond acceptors (Lipinski definition) is 4. The third-order valence-electron chi connectivity index (χ3n) is 4.01. The van der Waals surface area contributed by atoms with Crippen molar-refractivity contribution in [2.45, 2.75) is 13.0 Å². The maximum absolute atomic E-state index is 7.55. The van der Waals surface area contributed by atoms with Crippen LogP contribution in [0.25, 0.3) is 16.5 Å². The number of nitrogens with one attached hydrogen (secondary N) is 3. The molecule has 3 heterocycles. The molecule has 2 aromatic rings. The van der Waals surface area contributed by atoms with E-state index in [4.69, 9.17) is 5.41 Å². The molecule has 2 aromatic heterocycles. The first-order valence-electron chi connectivity index (χ1n) is 7.29. The number of fused-ring (bicyclic) bond motifs is 1. The van der Waals surface area contributed by atoms with Gasteiger partial charge in [-0.25, -0.2) is 0 Å². The normalized spacial score (nSPS) is 19.3. The van der Waals surface area contributed by atoms with Gasteiger partial charge in [-0.2, -0.15) is 0 Å². The van der Waals surface area contributed by atoms with Crippen LogP contribution in [0.5, 0.6) is 0 Å². The smallest absolute Gasteiger partial charge is 0.0739 e. The monoisotopic (exact) mass is 427 g/mol. The van der Waals surface area contributed by atoms with Gasteiger partial charge in [-0.3, -0.25) is 4.98 Å². The van der Waals surface area contributed by atoms with Crippen LogP contribution in [0.4, 0.5) is 0 Å². The Hall–Kier alpha value is -0.980. The van der Waals surface area contributed by atoms with Crippen molar-refractivity contribution in [3.05, 3.63) is 36.4 Å². The highest BCUT2D eigenvalue weighted by molar-refractivity contribution is 14.2. The third-order valence-corrected chi connectivity index (χ3v) is 5.20. The van der Waals surface area contributed by atoms with Gasteiger partial charge >= 0.3 is 0 Å². The first-order chi connectivity index (χ1) is 10.8. The van der Waals surface area contributed by atoms with E-state index < -0.39 is 0 Å². The minimum Gasteiger partial charge on any atom is -0.364 e. The average molecular weight is 427 g/mol. The Morgan fingerprint density at radius 3 is 3.27 bits per heavy atom. The number of rotatable bonds is 6. The van der Waals surface area contributed by atoms with Gasteiger partial charge in [0.05, 0.1) is 17.4 Å². The van der Waals surface area contributed by atoms with E-state index in [2.05, 4.69) is 60.3 Å². The first-order valence-corrected chi connectivity index (χ1v) is 11.4. The topological polar surface area (TPSA) is 65.7 Å². The molecule has 7 heteroatoms. The van der Waals surface area contributed by atoms with Crippen molar-refractivity contribution in [2.24, 2.45) is 5.92 Å². The highest BCUT2D eigenvalue weighted by Gasteiger charge is 2.16. The lowest BCUT2D eigenvalue weighted by Gasteiger charge is -2.11. The Kier molecular flexibility index (Phi) is 5.44. The van der Waals surface area contributed by atoms with Gasteiger partial charge in [0.2, 0.25) is 0 Å². The Balaban J connectivity index is 1.86. The third kappa shape index (κ3) is 3.50. The molecule has 0 amide bonds. The molecule has 0 saturated carbocycles. The summed E-state index contributed by atoms with van der Waals surface area (Å²) in [6.07, 6.45) is 9.11. The molecule has 2 unspecified atom stereocenters. The summed E-state index contributed by atoms with van der Waals surface area (Å²) in [6.45, 7) is 3.28. The molecule has 1 aliphatic heterocycles. The van der Waals surface area contributed by atoms with Crippen LogP contribution in [0.15, 0.2) is 30.7 Å². The molecule has 22 heavy (non-hydrogen) atoms. The molecule has 1 saturated heterocycles. The van der Waals surface area contributed by atoms with Gasteiger partial charge in [0.15, 0.2) is 0 Å².